The molecule has 164 valence electrons. The highest BCUT2D eigenvalue weighted by atomic mass is 32.2. The molecule has 1 atom stereocenters. The van der Waals surface area contributed by atoms with Crippen LogP contribution in [0.2, 0.25) is 0 Å². The molecule has 1 aliphatic carbocycles. The van der Waals surface area contributed by atoms with E-state index in [1.807, 2.05) is 24.3 Å². The van der Waals surface area contributed by atoms with E-state index in [-0.39, 0.29) is 11.4 Å². The summed E-state index contributed by atoms with van der Waals surface area (Å²) in [5.41, 5.74) is 2.90. The second-order valence-corrected chi connectivity index (χ2v) is 10.2. The van der Waals surface area contributed by atoms with Crippen LogP contribution in [0.25, 0.3) is 15.9 Å². The third kappa shape index (κ3) is 3.95. The number of hydrogen-bond donors (Lipinski definition) is 0. The predicted molar refractivity (Wildman–Crippen MR) is 129 cm³/mol. The van der Waals surface area contributed by atoms with E-state index < -0.39 is 0 Å². The van der Waals surface area contributed by atoms with Gasteiger partial charge in [-0.15, -0.1) is 11.3 Å². The Bertz CT molecular complexity index is 1330. The van der Waals surface area contributed by atoms with Crippen molar-refractivity contribution < 1.29 is 9.13 Å². The van der Waals surface area contributed by atoms with E-state index in [4.69, 9.17) is 9.72 Å². The number of thioether (sulfide) groups is 1. The van der Waals surface area contributed by atoms with E-state index >= 15 is 0 Å². The summed E-state index contributed by atoms with van der Waals surface area (Å²) in [6.45, 7) is 2.26. The number of methoxy groups -OCH3 is 1. The highest BCUT2D eigenvalue weighted by Crippen LogP contribution is 2.37. The monoisotopic (exact) mass is 466 g/mol. The quantitative estimate of drug-likeness (QED) is 0.267. The van der Waals surface area contributed by atoms with Gasteiger partial charge in [-0.1, -0.05) is 30.8 Å². The fourth-order valence-corrected chi connectivity index (χ4v) is 6.55. The molecule has 0 N–H and O–H groups in total. The van der Waals surface area contributed by atoms with Crippen LogP contribution in [-0.2, 0) is 18.6 Å². The fourth-order valence-electron chi connectivity index (χ4n) is 4.16. The number of fused-ring (bicyclic) bond motifs is 3. The lowest BCUT2D eigenvalue weighted by atomic mass is 9.89. The molecule has 2 aromatic heterocycles. The van der Waals surface area contributed by atoms with Gasteiger partial charge in [0.1, 0.15) is 16.4 Å². The number of nitrogens with zero attached hydrogens (tertiary/aromatic N) is 2. The first-order chi connectivity index (χ1) is 15.5. The lowest BCUT2D eigenvalue weighted by Gasteiger charge is -2.18. The van der Waals surface area contributed by atoms with Gasteiger partial charge < -0.3 is 4.74 Å². The van der Waals surface area contributed by atoms with Gasteiger partial charge in [0.25, 0.3) is 5.56 Å². The van der Waals surface area contributed by atoms with Crippen LogP contribution < -0.4 is 10.3 Å². The molecule has 1 unspecified atom stereocenters. The molecular weight excluding hydrogens is 443 g/mol. The summed E-state index contributed by atoms with van der Waals surface area (Å²) >= 11 is 3.15. The van der Waals surface area contributed by atoms with Crippen molar-refractivity contribution in [3.05, 3.63) is 80.7 Å². The van der Waals surface area contributed by atoms with E-state index in [2.05, 4.69) is 6.92 Å². The molecule has 7 heteroatoms. The van der Waals surface area contributed by atoms with Crippen molar-refractivity contribution in [2.24, 2.45) is 5.92 Å². The normalized spacial score (nSPS) is 15.7. The Labute approximate surface area is 194 Å². The van der Waals surface area contributed by atoms with E-state index in [0.29, 0.717) is 16.8 Å². The summed E-state index contributed by atoms with van der Waals surface area (Å²) in [6.07, 6.45) is 3.04. The molecule has 5 rings (SSSR count). The van der Waals surface area contributed by atoms with Crippen LogP contribution in [0.1, 0.15) is 29.3 Å². The van der Waals surface area contributed by atoms with Crippen LogP contribution in [0.4, 0.5) is 4.39 Å². The third-order valence-corrected chi connectivity index (χ3v) is 8.07. The van der Waals surface area contributed by atoms with Crippen molar-refractivity contribution >= 4 is 33.3 Å². The summed E-state index contributed by atoms with van der Waals surface area (Å²) in [4.78, 5) is 20.9. The molecule has 0 spiro atoms. The van der Waals surface area contributed by atoms with Gasteiger partial charge in [0.05, 0.1) is 18.2 Å². The summed E-state index contributed by atoms with van der Waals surface area (Å²) in [6, 6.07) is 13.9. The van der Waals surface area contributed by atoms with Gasteiger partial charge in [0.15, 0.2) is 5.16 Å². The van der Waals surface area contributed by atoms with Crippen molar-refractivity contribution in [3.8, 4) is 11.4 Å². The minimum atomic E-state index is -0.258. The molecule has 2 aromatic carbocycles. The van der Waals surface area contributed by atoms with Crippen molar-refractivity contribution in [2.45, 2.75) is 37.1 Å². The van der Waals surface area contributed by atoms with Crippen molar-refractivity contribution in [1.82, 2.24) is 9.55 Å². The zero-order valence-electron chi connectivity index (χ0n) is 17.9. The van der Waals surface area contributed by atoms with Gasteiger partial charge >= 0.3 is 0 Å². The maximum atomic E-state index is 13.8. The largest absolute Gasteiger partial charge is 0.497 e. The number of ether oxygens (including phenoxy) is 1. The number of hydrogen-bond acceptors (Lipinski definition) is 5. The van der Waals surface area contributed by atoms with Crippen LogP contribution in [0.5, 0.6) is 5.75 Å². The Morgan fingerprint density at radius 1 is 1.19 bits per heavy atom. The van der Waals surface area contributed by atoms with Gasteiger partial charge in [-0.25, -0.2) is 9.37 Å². The van der Waals surface area contributed by atoms with Gasteiger partial charge in [0, 0.05) is 10.6 Å². The lowest BCUT2D eigenvalue weighted by molar-refractivity contribution is 0.414. The van der Waals surface area contributed by atoms with E-state index in [0.717, 1.165) is 46.5 Å². The Hall–Kier alpha value is -2.64. The summed E-state index contributed by atoms with van der Waals surface area (Å²) in [5, 5.41) is 1.41. The Morgan fingerprint density at radius 3 is 2.66 bits per heavy atom. The molecule has 2 heterocycles. The minimum Gasteiger partial charge on any atom is -0.497 e. The van der Waals surface area contributed by atoms with Crippen molar-refractivity contribution in [3.63, 3.8) is 0 Å². The molecule has 0 amide bonds. The standard InChI is InChI=1S/C25H23FN2O2S2/c1-15-3-12-20-21(13-15)32-23-22(20)24(29)28(18-8-10-19(30-2)11-9-18)25(27-23)31-14-16-4-6-17(26)7-5-16/h4-11,15H,3,12-14H2,1-2H3. The number of rotatable bonds is 5. The second-order valence-electron chi connectivity index (χ2n) is 8.18. The average molecular weight is 467 g/mol. The highest BCUT2D eigenvalue weighted by Gasteiger charge is 2.25. The van der Waals surface area contributed by atoms with Gasteiger partial charge in [-0.05, 0) is 72.7 Å². The average Bonchev–Trinajstić information content (AvgIpc) is 3.16. The van der Waals surface area contributed by atoms with Crippen LogP contribution >= 0.6 is 23.1 Å². The zero-order chi connectivity index (χ0) is 22.2. The number of thiophene rings is 1. The number of halogens is 1. The molecule has 4 aromatic rings. The number of aryl methyl sites for hydroxylation is 1. The molecule has 0 saturated heterocycles. The molecule has 4 nitrogen and oxygen atoms in total. The Balaban J connectivity index is 1.64. The second kappa shape index (κ2) is 8.71. The molecule has 0 radical (unpaired) electrons. The molecule has 0 bridgehead atoms. The molecule has 0 saturated carbocycles. The third-order valence-electron chi connectivity index (χ3n) is 5.91. The first-order valence-corrected chi connectivity index (χ1v) is 12.4. The maximum absolute atomic E-state index is 13.8. The number of benzene rings is 2. The summed E-state index contributed by atoms with van der Waals surface area (Å²) < 4.78 is 20.3. The minimum absolute atomic E-state index is 0.0196. The first-order valence-electron chi connectivity index (χ1n) is 10.6. The topological polar surface area (TPSA) is 44.1 Å². The zero-order valence-corrected chi connectivity index (χ0v) is 19.6. The van der Waals surface area contributed by atoms with Gasteiger partial charge in [0.2, 0.25) is 0 Å². The molecule has 0 aliphatic heterocycles. The molecule has 1 aliphatic rings. The molecular formula is C25H23FN2O2S2. The van der Waals surface area contributed by atoms with Crippen LogP contribution in [0.3, 0.4) is 0 Å². The number of aromatic nitrogens is 2. The first kappa shape index (κ1) is 21.2. The van der Waals surface area contributed by atoms with Gasteiger partial charge in [-0.3, -0.25) is 9.36 Å². The SMILES string of the molecule is COc1ccc(-n2c(SCc3ccc(F)cc3)nc3sc4c(c3c2=O)CCC(C)C4)cc1. The van der Waals surface area contributed by atoms with Gasteiger partial charge in [-0.2, -0.15) is 0 Å². The van der Waals surface area contributed by atoms with E-state index in [1.54, 1.807) is 35.1 Å². The van der Waals surface area contributed by atoms with Crippen molar-refractivity contribution in [1.29, 1.82) is 0 Å². The highest BCUT2D eigenvalue weighted by molar-refractivity contribution is 7.98. The van der Waals surface area contributed by atoms with E-state index in [1.165, 1.54) is 34.3 Å². The summed E-state index contributed by atoms with van der Waals surface area (Å²) in [5.74, 6) is 1.70. The van der Waals surface area contributed by atoms with Crippen LogP contribution in [0, 0.1) is 11.7 Å². The van der Waals surface area contributed by atoms with Crippen molar-refractivity contribution in [2.75, 3.05) is 7.11 Å². The molecule has 32 heavy (non-hydrogen) atoms. The Kier molecular flexibility index (Phi) is 5.78. The van der Waals surface area contributed by atoms with Crippen LogP contribution in [0.15, 0.2) is 58.5 Å². The predicted octanol–water partition coefficient (Wildman–Crippen LogP) is 6.01. The van der Waals surface area contributed by atoms with E-state index in [9.17, 15) is 9.18 Å². The maximum Gasteiger partial charge on any atom is 0.267 e. The van der Waals surface area contributed by atoms with Crippen LogP contribution in [-0.4, -0.2) is 16.7 Å². The fraction of sp³-hybridized carbons (Fsp3) is 0.280. The summed E-state index contributed by atoms with van der Waals surface area (Å²) in [7, 11) is 1.62. The molecule has 0 fully saturated rings. The Morgan fingerprint density at radius 2 is 1.94 bits per heavy atom. The smallest absolute Gasteiger partial charge is 0.267 e. The lowest BCUT2D eigenvalue weighted by Crippen LogP contribution is -2.22.